The first-order valence-electron chi connectivity index (χ1n) is 5.26. The van der Waals surface area contributed by atoms with Crippen LogP contribution in [0, 0.1) is 11.3 Å². The zero-order valence-corrected chi connectivity index (χ0v) is 9.12. The average Bonchev–Trinajstić information content (AvgIpc) is 2.44. The molecule has 1 nitrogen and oxygen atoms in total. The van der Waals surface area contributed by atoms with Crippen LogP contribution in [-0.2, 0) is 6.42 Å². The van der Waals surface area contributed by atoms with Gasteiger partial charge in [-0.2, -0.15) is 0 Å². The molecule has 0 amide bonds. The van der Waals surface area contributed by atoms with Gasteiger partial charge in [0, 0.05) is 0 Å². The molecule has 1 aromatic carbocycles. The minimum absolute atomic E-state index is 0.179. The molecule has 0 aliphatic heterocycles. The largest absolute Gasteiger partial charge is 0.388 e. The Morgan fingerprint density at radius 1 is 1.21 bits per heavy atom. The van der Waals surface area contributed by atoms with Gasteiger partial charge in [0.2, 0.25) is 0 Å². The monoisotopic (exact) mass is 190 g/mol. The highest BCUT2D eigenvalue weighted by molar-refractivity contribution is 5.35. The standard InChI is InChI=1S/C13H18O/c1-13(2,3)11-8-9-6-4-5-7-10(9)12(11)14/h4-7,11-12,14H,8H2,1-3H3/t11-,12-/m0/s1. The molecule has 14 heavy (non-hydrogen) atoms. The molecular formula is C13H18O. The summed E-state index contributed by atoms with van der Waals surface area (Å²) in [5.74, 6) is 0.361. The maximum atomic E-state index is 10.2. The van der Waals surface area contributed by atoms with Crippen molar-refractivity contribution in [1.82, 2.24) is 0 Å². The number of benzene rings is 1. The molecule has 0 spiro atoms. The van der Waals surface area contributed by atoms with E-state index in [2.05, 4.69) is 32.9 Å². The van der Waals surface area contributed by atoms with E-state index in [1.54, 1.807) is 0 Å². The summed E-state index contributed by atoms with van der Waals surface area (Å²) in [6.45, 7) is 6.60. The van der Waals surface area contributed by atoms with Crippen LogP contribution in [0.5, 0.6) is 0 Å². The van der Waals surface area contributed by atoms with E-state index >= 15 is 0 Å². The molecule has 0 unspecified atom stereocenters. The van der Waals surface area contributed by atoms with Gasteiger partial charge < -0.3 is 5.11 Å². The van der Waals surface area contributed by atoms with Crippen molar-refractivity contribution in [1.29, 1.82) is 0 Å². The molecule has 1 aliphatic rings. The Labute approximate surface area is 85.8 Å². The molecule has 1 N–H and O–H groups in total. The van der Waals surface area contributed by atoms with Crippen molar-refractivity contribution < 1.29 is 5.11 Å². The molecule has 0 radical (unpaired) electrons. The van der Waals surface area contributed by atoms with E-state index in [-0.39, 0.29) is 11.5 Å². The molecule has 0 bridgehead atoms. The molecule has 0 aromatic heterocycles. The van der Waals surface area contributed by atoms with E-state index in [0.29, 0.717) is 5.92 Å². The van der Waals surface area contributed by atoms with E-state index in [1.165, 1.54) is 5.56 Å². The smallest absolute Gasteiger partial charge is 0.0829 e. The van der Waals surface area contributed by atoms with Gasteiger partial charge in [0.1, 0.15) is 0 Å². The summed E-state index contributed by atoms with van der Waals surface area (Å²) in [6.07, 6.45) is 0.743. The van der Waals surface area contributed by atoms with Crippen LogP contribution < -0.4 is 0 Å². The number of fused-ring (bicyclic) bond motifs is 1. The van der Waals surface area contributed by atoms with Gasteiger partial charge in [-0.3, -0.25) is 0 Å². The lowest BCUT2D eigenvalue weighted by Gasteiger charge is -2.29. The fourth-order valence-electron chi connectivity index (χ4n) is 2.35. The first-order chi connectivity index (χ1) is 6.50. The molecule has 2 atom stereocenters. The second kappa shape index (κ2) is 3.09. The van der Waals surface area contributed by atoms with Gasteiger partial charge in [-0.25, -0.2) is 0 Å². The summed E-state index contributed by atoms with van der Waals surface area (Å²) in [6, 6.07) is 8.24. The second-order valence-electron chi connectivity index (χ2n) is 5.32. The number of rotatable bonds is 0. The zero-order valence-electron chi connectivity index (χ0n) is 9.12. The minimum atomic E-state index is -0.272. The van der Waals surface area contributed by atoms with Gasteiger partial charge in [0.05, 0.1) is 6.10 Å². The highest BCUT2D eigenvalue weighted by Gasteiger charge is 2.37. The van der Waals surface area contributed by atoms with Gasteiger partial charge in [-0.1, -0.05) is 45.0 Å². The molecule has 0 saturated carbocycles. The Balaban J connectivity index is 2.35. The van der Waals surface area contributed by atoms with Crippen LogP contribution in [0.15, 0.2) is 24.3 Å². The molecule has 76 valence electrons. The van der Waals surface area contributed by atoms with E-state index in [0.717, 1.165) is 12.0 Å². The first kappa shape index (κ1) is 9.72. The zero-order chi connectivity index (χ0) is 10.3. The summed E-state index contributed by atoms with van der Waals surface area (Å²) in [4.78, 5) is 0. The van der Waals surface area contributed by atoms with Gasteiger partial charge in [-0.15, -0.1) is 0 Å². The van der Waals surface area contributed by atoms with Crippen LogP contribution in [0.25, 0.3) is 0 Å². The Bertz CT molecular complexity index is 335. The van der Waals surface area contributed by atoms with Crippen molar-refractivity contribution in [2.75, 3.05) is 0 Å². The van der Waals surface area contributed by atoms with Crippen LogP contribution in [0.4, 0.5) is 0 Å². The van der Waals surface area contributed by atoms with Gasteiger partial charge >= 0.3 is 0 Å². The fraction of sp³-hybridized carbons (Fsp3) is 0.538. The Morgan fingerprint density at radius 2 is 1.86 bits per heavy atom. The number of hydrogen-bond donors (Lipinski definition) is 1. The third kappa shape index (κ3) is 1.46. The lowest BCUT2D eigenvalue weighted by Crippen LogP contribution is -2.24. The van der Waals surface area contributed by atoms with Crippen LogP contribution in [0.3, 0.4) is 0 Å². The highest BCUT2D eigenvalue weighted by atomic mass is 16.3. The molecule has 0 fully saturated rings. The average molecular weight is 190 g/mol. The van der Waals surface area contributed by atoms with Crippen LogP contribution >= 0.6 is 0 Å². The summed E-state index contributed by atoms with van der Waals surface area (Å²) in [5, 5.41) is 10.2. The van der Waals surface area contributed by atoms with E-state index in [4.69, 9.17) is 0 Å². The van der Waals surface area contributed by atoms with Crippen LogP contribution in [0.2, 0.25) is 0 Å². The summed E-state index contributed by atoms with van der Waals surface area (Å²) in [7, 11) is 0. The molecule has 1 heteroatoms. The van der Waals surface area contributed by atoms with Crippen LogP contribution in [-0.4, -0.2) is 5.11 Å². The van der Waals surface area contributed by atoms with E-state index < -0.39 is 0 Å². The van der Waals surface area contributed by atoms with Crippen molar-refractivity contribution in [3.63, 3.8) is 0 Å². The van der Waals surface area contributed by atoms with Crippen molar-refractivity contribution >= 4 is 0 Å². The predicted molar refractivity (Wildman–Crippen MR) is 58.1 cm³/mol. The third-order valence-corrected chi connectivity index (χ3v) is 3.31. The predicted octanol–water partition coefficient (Wildman–Crippen LogP) is 2.94. The van der Waals surface area contributed by atoms with E-state index in [9.17, 15) is 5.11 Å². The summed E-state index contributed by atoms with van der Waals surface area (Å²) < 4.78 is 0. The lowest BCUT2D eigenvalue weighted by molar-refractivity contribution is 0.0566. The summed E-state index contributed by atoms with van der Waals surface area (Å²) in [5.41, 5.74) is 2.63. The first-order valence-corrected chi connectivity index (χ1v) is 5.26. The number of aliphatic hydroxyl groups is 1. The maximum Gasteiger partial charge on any atom is 0.0829 e. The molecule has 0 heterocycles. The lowest BCUT2D eigenvalue weighted by atomic mass is 9.78. The third-order valence-electron chi connectivity index (χ3n) is 3.31. The SMILES string of the molecule is CC(C)(C)[C@H]1Cc2ccccc2[C@@H]1O. The molecule has 1 aromatic rings. The Kier molecular flexibility index (Phi) is 2.15. The minimum Gasteiger partial charge on any atom is -0.388 e. The van der Waals surface area contributed by atoms with Gasteiger partial charge in [0.25, 0.3) is 0 Å². The molecule has 2 rings (SSSR count). The number of aliphatic hydroxyl groups excluding tert-OH is 1. The second-order valence-corrected chi connectivity index (χ2v) is 5.32. The fourth-order valence-corrected chi connectivity index (χ4v) is 2.35. The molecule has 0 saturated heterocycles. The van der Waals surface area contributed by atoms with Crippen LogP contribution in [0.1, 0.15) is 38.0 Å². The molecule has 1 aliphatic carbocycles. The molecular weight excluding hydrogens is 172 g/mol. The number of hydrogen-bond acceptors (Lipinski definition) is 1. The Morgan fingerprint density at radius 3 is 2.43 bits per heavy atom. The quantitative estimate of drug-likeness (QED) is 0.667. The summed E-state index contributed by atoms with van der Waals surface area (Å²) >= 11 is 0. The van der Waals surface area contributed by atoms with E-state index in [1.807, 2.05) is 12.1 Å². The van der Waals surface area contributed by atoms with Crippen molar-refractivity contribution in [3.8, 4) is 0 Å². The Hall–Kier alpha value is -0.820. The van der Waals surface area contributed by atoms with Gasteiger partial charge in [0.15, 0.2) is 0 Å². The van der Waals surface area contributed by atoms with Gasteiger partial charge in [-0.05, 0) is 28.9 Å². The topological polar surface area (TPSA) is 20.2 Å². The van der Waals surface area contributed by atoms with Crippen molar-refractivity contribution in [2.45, 2.75) is 33.3 Å². The normalized spacial score (nSPS) is 26.3. The maximum absolute atomic E-state index is 10.2. The van der Waals surface area contributed by atoms with Crippen molar-refractivity contribution in [3.05, 3.63) is 35.4 Å². The van der Waals surface area contributed by atoms with Crippen molar-refractivity contribution in [2.24, 2.45) is 11.3 Å². The highest BCUT2D eigenvalue weighted by Crippen LogP contribution is 2.45.